The van der Waals surface area contributed by atoms with Gasteiger partial charge in [-0.05, 0) is 24.3 Å². The molecule has 0 fully saturated rings. The number of benzene rings is 2. The summed E-state index contributed by atoms with van der Waals surface area (Å²) in [5.41, 5.74) is 1.44. The number of halogens is 1. The van der Waals surface area contributed by atoms with Crippen LogP contribution in [0.25, 0.3) is 10.9 Å². The molecule has 0 spiro atoms. The summed E-state index contributed by atoms with van der Waals surface area (Å²) in [4.78, 5) is 4.28. The number of rotatable bonds is 3. The molecule has 0 amide bonds. The average Bonchev–Trinajstić information content (AvgIpc) is 2.53. The number of aromatic nitrogens is 1. The van der Waals surface area contributed by atoms with Crippen molar-refractivity contribution in [3.8, 4) is 11.8 Å². The van der Waals surface area contributed by atoms with Crippen LogP contribution >= 0.6 is 0 Å². The number of ether oxygens (including phenoxy) is 1. The van der Waals surface area contributed by atoms with E-state index in [9.17, 15) is 4.39 Å². The number of nitrogens with zero attached hydrogens (tertiary/aromatic N) is 2. The summed E-state index contributed by atoms with van der Waals surface area (Å²) in [6, 6.07) is 15.7. The Hall–Kier alpha value is -2.93. The zero-order valence-corrected chi connectivity index (χ0v) is 11.1. The van der Waals surface area contributed by atoms with E-state index in [0.29, 0.717) is 16.9 Å². The predicted octanol–water partition coefficient (Wildman–Crippen LogP) is 3.82. The van der Waals surface area contributed by atoms with Gasteiger partial charge < -0.3 is 4.74 Å². The molecule has 0 saturated carbocycles. The summed E-state index contributed by atoms with van der Waals surface area (Å²) in [5.74, 6) is 0.166. The Balaban J connectivity index is 1.86. The summed E-state index contributed by atoms with van der Waals surface area (Å²) in [6.45, 7) is 0.0905. The second-order valence-electron chi connectivity index (χ2n) is 4.54. The molecule has 102 valence electrons. The van der Waals surface area contributed by atoms with E-state index in [1.54, 1.807) is 24.4 Å². The third kappa shape index (κ3) is 2.67. The third-order valence-electron chi connectivity index (χ3n) is 3.16. The maximum Gasteiger partial charge on any atom is 0.146 e. The van der Waals surface area contributed by atoms with Crippen LogP contribution in [0.5, 0.6) is 5.75 Å². The highest BCUT2D eigenvalue weighted by atomic mass is 19.1. The number of nitriles is 1. The van der Waals surface area contributed by atoms with Crippen molar-refractivity contribution < 1.29 is 9.13 Å². The Kier molecular flexibility index (Phi) is 3.48. The Bertz CT molecular complexity index is 834. The summed E-state index contributed by atoms with van der Waals surface area (Å²) in [7, 11) is 0. The molecule has 0 aliphatic rings. The van der Waals surface area contributed by atoms with Crippen molar-refractivity contribution in [2.45, 2.75) is 6.61 Å². The third-order valence-corrected chi connectivity index (χ3v) is 3.16. The van der Waals surface area contributed by atoms with Gasteiger partial charge in [0.25, 0.3) is 0 Å². The van der Waals surface area contributed by atoms with Crippen LogP contribution in [0.1, 0.15) is 11.1 Å². The molecule has 3 rings (SSSR count). The SMILES string of the molecule is N#Cc1ccc(COc2cccc3cccnc23)c(F)c1. The summed E-state index contributed by atoms with van der Waals surface area (Å²) in [6.07, 6.45) is 1.69. The van der Waals surface area contributed by atoms with Gasteiger partial charge in [0, 0.05) is 17.1 Å². The quantitative estimate of drug-likeness (QED) is 0.731. The van der Waals surface area contributed by atoms with Gasteiger partial charge >= 0.3 is 0 Å². The monoisotopic (exact) mass is 278 g/mol. The molecule has 2 aromatic carbocycles. The Labute approximate surface area is 121 Å². The molecule has 0 saturated heterocycles. The molecule has 0 atom stereocenters. The molecule has 3 nitrogen and oxygen atoms in total. The van der Waals surface area contributed by atoms with E-state index in [1.807, 2.05) is 30.3 Å². The summed E-state index contributed by atoms with van der Waals surface area (Å²) >= 11 is 0. The van der Waals surface area contributed by atoms with Crippen LogP contribution < -0.4 is 4.74 Å². The maximum absolute atomic E-state index is 13.8. The zero-order valence-electron chi connectivity index (χ0n) is 11.1. The molecule has 0 aliphatic heterocycles. The molecule has 3 aromatic rings. The molecule has 1 heterocycles. The smallest absolute Gasteiger partial charge is 0.146 e. The Morgan fingerprint density at radius 2 is 2.00 bits per heavy atom. The fraction of sp³-hybridized carbons (Fsp3) is 0.0588. The van der Waals surface area contributed by atoms with Crippen molar-refractivity contribution in [2.75, 3.05) is 0 Å². The van der Waals surface area contributed by atoms with E-state index < -0.39 is 5.82 Å². The first kappa shape index (κ1) is 13.1. The van der Waals surface area contributed by atoms with Crippen LogP contribution in [0, 0.1) is 17.1 Å². The van der Waals surface area contributed by atoms with E-state index in [1.165, 1.54) is 6.07 Å². The van der Waals surface area contributed by atoms with Crippen LogP contribution in [-0.2, 0) is 6.61 Å². The van der Waals surface area contributed by atoms with Gasteiger partial charge in [-0.25, -0.2) is 4.39 Å². The minimum atomic E-state index is -0.442. The van der Waals surface area contributed by atoms with Gasteiger partial charge in [0.2, 0.25) is 0 Å². The van der Waals surface area contributed by atoms with Crippen LogP contribution in [0.2, 0.25) is 0 Å². The van der Waals surface area contributed by atoms with Gasteiger partial charge in [0.15, 0.2) is 0 Å². The molecule has 21 heavy (non-hydrogen) atoms. The molecule has 0 N–H and O–H groups in total. The van der Waals surface area contributed by atoms with Crippen molar-refractivity contribution in [3.05, 3.63) is 71.7 Å². The van der Waals surface area contributed by atoms with Gasteiger partial charge in [-0.2, -0.15) is 5.26 Å². The zero-order chi connectivity index (χ0) is 14.7. The van der Waals surface area contributed by atoms with Crippen LogP contribution in [0.4, 0.5) is 4.39 Å². The van der Waals surface area contributed by atoms with Crippen molar-refractivity contribution in [2.24, 2.45) is 0 Å². The standard InChI is InChI=1S/C17H11FN2O/c18-15-9-12(10-19)6-7-14(15)11-21-16-5-1-3-13-4-2-8-20-17(13)16/h1-9H,11H2. The minimum absolute atomic E-state index is 0.0905. The lowest BCUT2D eigenvalue weighted by Gasteiger charge is -2.09. The van der Waals surface area contributed by atoms with Gasteiger partial charge in [-0.15, -0.1) is 0 Å². The Morgan fingerprint density at radius 3 is 2.81 bits per heavy atom. The molecule has 0 unspecified atom stereocenters. The fourth-order valence-electron chi connectivity index (χ4n) is 2.08. The first-order valence-electron chi connectivity index (χ1n) is 6.43. The van der Waals surface area contributed by atoms with Crippen LogP contribution in [0.3, 0.4) is 0 Å². The highest BCUT2D eigenvalue weighted by Gasteiger charge is 2.07. The van der Waals surface area contributed by atoms with Gasteiger partial charge in [-0.3, -0.25) is 4.98 Å². The fourth-order valence-corrected chi connectivity index (χ4v) is 2.08. The number of fused-ring (bicyclic) bond motifs is 1. The number of hydrogen-bond donors (Lipinski definition) is 0. The average molecular weight is 278 g/mol. The normalized spacial score (nSPS) is 10.3. The van der Waals surface area contributed by atoms with Gasteiger partial charge in [0.05, 0.1) is 11.6 Å². The minimum Gasteiger partial charge on any atom is -0.487 e. The maximum atomic E-state index is 13.8. The molecular formula is C17H11FN2O. The van der Waals surface area contributed by atoms with Gasteiger partial charge in [-0.1, -0.05) is 24.3 Å². The number of pyridine rings is 1. The van der Waals surface area contributed by atoms with E-state index in [4.69, 9.17) is 10.00 Å². The largest absolute Gasteiger partial charge is 0.487 e. The van der Waals surface area contributed by atoms with Gasteiger partial charge in [0.1, 0.15) is 23.7 Å². The van der Waals surface area contributed by atoms with Crippen molar-refractivity contribution in [1.82, 2.24) is 4.98 Å². The first-order chi connectivity index (χ1) is 10.3. The molecule has 0 aliphatic carbocycles. The van der Waals surface area contributed by atoms with Crippen molar-refractivity contribution in [1.29, 1.82) is 5.26 Å². The Morgan fingerprint density at radius 1 is 1.14 bits per heavy atom. The summed E-state index contributed by atoms with van der Waals surface area (Å²) < 4.78 is 19.5. The van der Waals surface area contributed by atoms with E-state index in [2.05, 4.69) is 4.98 Å². The first-order valence-corrected chi connectivity index (χ1v) is 6.43. The molecule has 1 aromatic heterocycles. The second-order valence-corrected chi connectivity index (χ2v) is 4.54. The topological polar surface area (TPSA) is 45.9 Å². The molecule has 0 radical (unpaired) electrons. The lowest BCUT2D eigenvalue weighted by Crippen LogP contribution is -1.99. The second kappa shape index (κ2) is 5.59. The molecular weight excluding hydrogens is 267 g/mol. The lowest BCUT2D eigenvalue weighted by atomic mass is 10.1. The highest BCUT2D eigenvalue weighted by molar-refractivity contribution is 5.84. The van der Waals surface area contributed by atoms with E-state index >= 15 is 0 Å². The number of hydrogen-bond acceptors (Lipinski definition) is 3. The highest BCUT2D eigenvalue weighted by Crippen LogP contribution is 2.24. The van der Waals surface area contributed by atoms with E-state index in [-0.39, 0.29) is 6.61 Å². The van der Waals surface area contributed by atoms with E-state index in [0.717, 1.165) is 10.9 Å². The van der Waals surface area contributed by atoms with Crippen LogP contribution in [-0.4, -0.2) is 4.98 Å². The van der Waals surface area contributed by atoms with Crippen molar-refractivity contribution in [3.63, 3.8) is 0 Å². The lowest BCUT2D eigenvalue weighted by molar-refractivity contribution is 0.303. The number of para-hydroxylation sites is 1. The van der Waals surface area contributed by atoms with Crippen LogP contribution in [0.15, 0.2) is 54.7 Å². The summed E-state index contributed by atoms with van der Waals surface area (Å²) in [5, 5.41) is 9.69. The van der Waals surface area contributed by atoms with Crippen molar-refractivity contribution >= 4 is 10.9 Å². The molecule has 0 bridgehead atoms. The molecule has 4 heteroatoms. The predicted molar refractivity (Wildman–Crippen MR) is 77.2 cm³/mol.